The summed E-state index contributed by atoms with van der Waals surface area (Å²) in [5, 5.41) is 0. The lowest BCUT2D eigenvalue weighted by molar-refractivity contribution is 0.0600. The van der Waals surface area contributed by atoms with Crippen molar-refractivity contribution in [3.63, 3.8) is 0 Å². The van der Waals surface area contributed by atoms with Crippen molar-refractivity contribution in [3.05, 3.63) is 34.9 Å². The highest BCUT2D eigenvalue weighted by molar-refractivity contribution is 5.98. The molecule has 0 saturated carbocycles. The maximum atomic E-state index is 12.7. The molecule has 0 aliphatic rings. The second-order valence-electron chi connectivity index (χ2n) is 5.33. The Balaban J connectivity index is 3.32. The molecule has 0 N–H and O–H groups in total. The third kappa shape index (κ3) is 3.85. The van der Waals surface area contributed by atoms with Crippen molar-refractivity contribution >= 4 is 11.9 Å². The summed E-state index contributed by atoms with van der Waals surface area (Å²) in [6.07, 6.45) is 5.40. The van der Waals surface area contributed by atoms with Crippen LogP contribution >= 0.6 is 0 Å². The molecule has 0 spiro atoms. The molecule has 1 amide bonds. The Kier molecular flexibility index (Phi) is 5.54. The molecule has 0 heterocycles. The van der Waals surface area contributed by atoms with E-state index >= 15 is 0 Å². The molecule has 1 aromatic rings. The van der Waals surface area contributed by atoms with Crippen LogP contribution in [0.3, 0.4) is 0 Å². The summed E-state index contributed by atoms with van der Waals surface area (Å²) in [5.41, 5.74) is 1.16. The Morgan fingerprint density at radius 1 is 1.10 bits per heavy atom. The van der Waals surface area contributed by atoms with Crippen LogP contribution < -0.4 is 0 Å². The van der Waals surface area contributed by atoms with E-state index in [1.165, 1.54) is 19.2 Å². The number of methoxy groups -OCH3 is 1. The number of rotatable bonds is 4. The van der Waals surface area contributed by atoms with Crippen LogP contribution in [0.2, 0.25) is 0 Å². The molecule has 1 rings (SSSR count). The maximum Gasteiger partial charge on any atom is 0.337 e. The van der Waals surface area contributed by atoms with Gasteiger partial charge in [-0.25, -0.2) is 4.79 Å². The van der Waals surface area contributed by atoms with E-state index in [0.717, 1.165) is 0 Å². The van der Waals surface area contributed by atoms with Crippen LogP contribution in [0, 0.1) is 12.3 Å². The van der Waals surface area contributed by atoms with Gasteiger partial charge in [0.2, 0.25) is 0 Å². The molecule has 4 heteroatoms. The van der Waals surface area contributed by atoms with Crippen LogP contribution in [-0.2, 0) is 4.74 Å². The van der Waals surface area contributed by atoms with Gasteiger partial charge in [-0.05, 0) is 45.9 Å². The molecule has 0 unspecified atom stereocenters. The fourth-order valence-corrected chi connectivity index (χ4v) is 2.28. The number of hydrogen-bond acceptors (Lipinski definition) is 3. The highest BCUT2D eigenvalue weighted by Crippen LogP contribution is 2.16. The third-order valence-electron chi connectivity index (χ3n) is 3.11. The van der Waals surface area contributed by atoms with Gasteiger partial charge < -0.3 is 9.64 Å². The van der Waals surface area contributed by atoms with Crippen molar-refractivity contribution < 1.29 is 14.3 Å². The van der Waals surface area contributed by atoms with Gasteiger partial charge in [-0.2, -0.15) is 0 Å². The summed E-state index contributed by atoms with van der Waals surface area (Å²) >= 11 is 0. The first-order valence-corrected chi connectivity index (χ1v) is 6.84. The average Bonchev–Trinajstić information content (AvgIpc) is 2.44. The van der Waals surface area contributed by atoms with Crippen LogP contribution in [0.5, 0.6) is 0 Å². The predicted octanol–water partition coefficient (Wildman–Crippen LogP) is 2.71. The monoisotopic (exact) mass is 287 g/mol. The first kappa shape index (κ1) is 16.8. The Morgan fingerprint density at radius 2 is 1.62 bits per heavy atom. The number of hydrogen-bond donors (Lipinski definition) is 0. The van der Waals surface area contributed by atoms with Crippen LogP contribution in [0.25, 0.3) is 0 Å². The zero-order valence-electron chi connectivity index (χ0n) is 13.1. The molecular formula is C17H21NO3. The summed E-state index contributed by atoms with van der Waals surface area (Å²) in [5.74, 6) is 1.80. The number of terminal acetylenes is 1. The van der Waals surface area contributed by atoms with Crippen molar-refractivity contribution in [3.8, 4) is 12.3 Å². The quantitative estimate of drug-likeness (QED) is 0.632. The van der Waals surface area contributed by atoms with Crippen LogP contribution in [0.4, 0.5) is 0 Å². The summed E-state index contributed by atoms with van der Waals surface area (Å²) in [6.45, 7) is 7.79. The molecule has 1 aromatic carbocycles. The van der Waals surface area contributed by atoms with E-state index < -0.39 is 5.97 Å². The zero-order valence-corrected chi connectivity index (χ0v) is 13.1. The minimum absolute atomic E-state index is 0.0496. The number of esters is 1. The lowest BCUT2D eigenvalue weighted by Crippen LogP contribution is -2.42. The molecule has 0 bridgehead atoms. The Bertz CT molecular complexity index is 574. The zero-order chi connectivity index (χ0) is 16.2. The van der Waals surface area contributed by atoms with E-state index in [-0.39, 0.29) is 23.6 Å². The summed E-state index contributed by atoms with van der Waals surface area (Å²) < 4.78 is 4.69. The summed E-state index contributed by atoms with van der Waals surface area (Å²) in [7, 11) is 1.29. The van der Waals surface area contributed by atoms with Crippen LogP contribution in [0.15, 0.2) is 18.2 Å². The van der Waals surface area contributed by atoms with Gasteiger partial charge in [0, 0.05) is 23.2 Å². The standard InChI is InChI=1S/C17H21NO3/c1-7-13-8-14(10-15(9-13)17(20)21-6)16(19)18(11(2)3)12(4)5/h1,8-12H,2-6H3. The molecule has 0 fully saturated rings. The van der Waals surface area contributed by atoms with Gasteiger partial charge in [-0.15, -0.1) is 6.42 Å². The number of ether oxygens (including phenoxy) is 1. The molecule has 0 aliphatic carbocycles. The van der Waals surface area contributed by atoms with Gasteiger partial charge in [0.25, 0.3) is 5.91 Å². The van der Waals surface area contributed by atoms with E-state index in [1.54, 1.807) is 11.0 Å². The normalized spacial score (nSPS) is 10.4. The van der Waals surface area contributed by atoms with Gasteiger partial charge in [-0.1, -0.05) is 5.92 Å². The fraction of sp³-hybridized carbons (Fsp3) is 0.412. The second-order valence-corrected chi connectivity index (χ2v) is 5.33. The van der Waals surface area contributed by atoms with E-state index in [1.807, 2.05) is 27.7 Å². The first-order valence-electron chi connectivity index (χ1n) is 6.84. The molecule has 4 nitrogen and oxygen atoms in total. The molecular weight excluding hydrogens is 266 g/mol. The predicted molar refractivity (Wildman–Crippen MR) is 82.2 cm³/mol. The van der Waals surface area contributed by atoms with E-state index in [4.69, 9.17) is 11.2 Å². The number of carbonyl (C=O) groups is 2. The number of amides is 1. The Morgan fingerprint density at radius 3 is 2.05 bits per heavy atom. The highest BCUT2D eigenvalue weighted by Gasteiger charge is 2.23. The molecule has 0 saturated heterocycles. The van der Waals surface area contributed by atoms with Gasteiger partial charge in [0.05, 0.1) is 12.7 Å². The molecule has 0 aliphatic heterocycles. The SMILES string of the molecule is C#Cc1cc(C(=O)OC)cc(C(=O)N(C(C)C)C(C)C)c1. The third-order valence-corrected chi connectivity index (χ3v) is 3.11. The molecule has 112 valence electrons. The molecule has 0 radical (unpaired) electrons. The van der Waals surface area contributed by atoms with Crippen LogP contribution in [0.1, 0.15) is 54.0 Å². The summed E-state index contributed by atoms with van der Waals surface area (Å²) in [4.78, 5) is 26.1. The van der Waals surface area contributed by atoms with Crippen molar-refractivity contribution in [2.45, 2.75) is 39.8 Å². The van der Waals surface area contributed by atoms with E-state index in [0.29, 0.717) is 11.1 Å². The smallest absolute Gasteiger partial charge is 0.337 e. The first-order chi connectivity index (χ1) is 9.81. The maximum absolute atomic E-state index is 12.7. The van der Waals surface area contributed by atoms with Gasteiger partial charge in [0.15, 0.2) is 0 Å². The van der Waals surface area contributed by atoms with Crippen LogP contribution in [-0.4, -0.2) is 36.0 Å². The van der Waals surface area contributed by atoms with Crippen molar-refractivity contribution in [1.29, 1.82) is 0 Å². The van der Waals surface area contributed by atoms with Crippen molar-refractivity contribution in [2.24, 2.45) is 0 Å². The van der Waals surface area contributed by atoms with Gasteiger partial charge in [0.1, 0.15) is 0 Å². The molecule has 0 atom stereocenters. The number of benzene rings is 1. The Labute approximate surface area is 126 Å². The lowest BCUT2D eigenvalue weighted by atomic mass is 10.0. The van der Waals surface area contributed by atoms with E-state index in [9.17, 15) is 9.59 Å². The van der Waals surface area contributed by atoms with E-state index in [2.05, 4.69) is 5.92 Å². The van der Waals surface area contributed by atoms with Gasteiger partial charge in [-0.3, -0.25) is 4.79 Å². The number of nitrogens with zero attached hydrogens (tertiary/aromatic N) is 1. The second kappa shape index (κ2) is 6.94. The minimum Gasteiger partial charge on any atom is -0.465 e. The highest BCUT2D eigenvalue weighted by atomic mass is 16.5. The summed E-state index contributed by atoms with van der Waals surface area (Å²) in [6, 6.07) is 4.78. The van der Waals surface area contributed by atoms with Gasteiger partial charge >= 0.3 is 5.97 Å². The fourth-order valence-electron chi connectivity index (χ4n) is 2.28. The number of carbonyl (C=O) groups excluding carboxylic acids is 2. The lowest BCUT2D eigenvalue weighted by Gasteiger charge is -2.31. The molecule has 21 heavy (non-hydrogen) atoms. The topological polar surface area (TPSA) is 46.6 Å². The average molecular weight is 287 g/mol. The Hall–Kier alpha value is -2.28. The van der Waals surface area contributed by atoms with Crippen molar-refractivity contribution in [1.82, 2.24) is 4.90 Å². The molecule has 0 aromatic heterocycles. The minimum atomic E-state index is -0.512. The largest absolute Gasteiger partial charge is 0.465 e. The van der Waals surface area contributed by atoms with Crippen molar-refractivity contribution in [2.75, 3.05) is 7.11 Å².